The number of quaternary nitrogens is 1. The predicted molar refractivity (Wildman–Crippen MR) is 307 cm³/mol. The summed E-state index contributed by atoms with van der Waals surface area (Å²) in [6, 6.07) is -0.806. The van der Waals surface area contributed by atoms with E-state index in [1.165, 1.54) is 180 Å². The smallest absolute Gasteiger partial charge is 0.268 e. The number of phosphoric ester groups is 1. The summed E-state index contributed by atoms with van der Waals surface area (Å²) in [5, 5.41) is 14.0. The van der Waals surface area contributed by atoms with Crippen molar-refractivity contribution in [3.05, 3.63) is 60.8 Å². The summed E-state index contributed by atoms with van der Waals surface area (Å²) >= 11 is 0. The van der Waals surface area contributed by atoms with Crippen molar-refractivity contribution in [1.29, 1.82) is 0 Å². The van der Waals surface area contributed by atoms with Gasteiger partial charge in [0.25, 0.3) is 7.82 Å². The highest BCUT2D eigenvalue weighted by Crippen LogP contribution is 2.38. The first-order valence-electron chi connectivity index (χ1n) is 30.1. The molecule has 0 aromatic heterocycles. The Morgan fingerprint density at radius 2 is 0.859 bits per heavy atom. The van der Waals surface area contributed by atoms with Crippen molar-refractivity contribution < 1.29 is 32.9 Å². The molecule has 3 atom stereocenters. The van der Waals surface area contributed by atoms with E-state index in [2.05, 4.69) is 79.9 Å². The fraction of sp³-hybridized carbons (Fsp3) is 0.823. The highest BCUT2D eigenvalue weighted by Gasteiger charge is 2.24. The maximum absolute atomic E-state index is 13.0. The van der Waals surface area contributed by atoms with Gasteiger partial charge in [-0.1, -0.05) is 274 Å². The Morgan fingerprint density at radius 3 is 1.25 bits per heavy atom. The van der Waals surface area contributed by atoms with Crippen LogP contribution in [0.4, 0.5) is 0 Å². The summed E-state index contributed by atoms with van der Waals surface area (Å²) in [5.41, 5.74) is 0. The molecule has 0 saturated carbocycles. The van der Waals surface area contributed by atoms with Gasteiger partial charge < -0.3 is 28.8 Å². The number of hydrogen-bond acceptors (Lipinski definition) is 6. The largest absolute Gasteiger partial charge is 0.756 e. The number of aliphatic hydroxyl groups excluding tert-OH is 1. The number of carbonyl (C=O) groups excluding carboxylic acids is 1. The van der Waals surface area contributed by atoms with Gasteiger partial charge in [0, 0.05) is 6.42 Å². The fourth-order valence-electron chi connectivity index (χ4n) is 8.83. The molecule has 8 nitrogen and oxygen atoms in total. The number of likely N-dealkylation sites (N-methyl/N-ethyl adjacent to an activating group) is 1. The Hall–Kier alpha value is -1.80. The summed E-state index contributed by atoms with van der Waals surface area (Å²) in [5.74, 6) is -0.167. The Kier molecular flexibility index (Phi) is 51.7. The molecule has 2 N–H and O–H groups in total. The molecule has 0 aromatic rings. The SMILES string of the molecule is CC/C=C\C/C=C\C/C=C\C/C=C\C/C=C\CCCCCCCCCCCCCC(=O)NC(COP(=O)([O-])OCC[N+](C)(C)C)C(O)CCCCCCCCCCCCCCCCCCCCCCCC. The van der Waals surface area contributed by atoms with Gasteiger partial charge in [-0.15, -0.1) is 0 Å². The van der Waals surface area contributed by atoms with Crippen LogP contribution in [0.5, 0.6) is 0 Å². The normalized spacial score (nSPS) is 14.3. The zero-order valence-corrected chi connectivity index (χ0v) is 48.3. The number of aliphatic hydroxyl groups is 1. The number of hydrogen-bond donors (Lipinski definition) is 2. The van der Waals surface area contributed by atoms with E-state index in [-0.39, 0.29) is 19.1 Å². The zero-order valence-electron chi connectivity index (χ0n) is 47.4. The van der Waals surface area contributed by atoms with Crippen molar-refractivity contribution in [2.75, 3.05) is 40.9 Å². The van der Waals surface area contributed by atoms with Crippen LogP contribution in [0.2, 0.25) is 0 Å². The molecule has 0 heterocycles. The molecule has 0 fully saturated rings. The van der Waals surface area contributed by atoms with E-state index in [1.54, 1.807) is 0 Å². The molecular formula is C62H117N2O6P. The number of nitrogens with one attached hydrogen (secondary N) is 1. The van der Waals surface area contributed by atoms with Gasteiger partial charge in [0.15, 0.2) is 0 Å². The second kappa shape index (κ2) is 53.0. The number of rotatable bonds is 55. The number of allylic oxidation sites excluding steroid dienone is 10. The summed E-state index contributed by atoms with van der Waals surface area (Å²) < 4.78 is 23.5. The Bertz CT molecular complexity index is 1340. The quantitative estimate of drug-likeness (QED) is 0.0272. The number of carbonyl (C=O) groups is 1. The summed E-state index contributed by atoms with van der Waals surface area (Å²) in [4.78, 5) is 25.6. The molecule has 0 aliphatic heterocycles. The first-order valence-corrected chi connectivity index (χ1v) is 31.6. The lowest BCUT2D eigenvalue weighted by atomic mass is 10.0. The molecule has 416 valence electrons. The van der Waals surface area contributed by atoms with Gasteiger partial charge in [-0.3, -0.25) is 9.36 Å². The van der Waals surface area contributed by atoms with E-state index in [0.29, 0.717) is 23.9 Å². The van der Waals surface area contributed by atoms with Crippen LogP contribution >= 0.6 is 7.82 Å². The lowest BCUT2D eigenvalue weighted by Crippen LogP contribution is -2.46. The van der Waals surface area contributed by atoms with Crippen LogP contribution in [0.25, 0.3) is 0 Å². The van der Waals surface area contributed by atoms with Gasteiger partial charge in [0.1, 0.15) is 13.2 Å². The molecule has 0 aliphatic carbocycles. The molecule has 0 aromatic carbocycles. The number of nitrogens with zero attached hydrogens (tertiary/aromatic N) is 1. The molecule has 0 bridgehead atoms. The van der Waals surface area contributed by atoms with Crippen molar-refractivity contribution in [3.63, 3.8) is 0 Å². The minimum Gasteiger partial charge on any atom is -0.756 e. The Balaban J connectivity index is 4.15. The van der Waals surface area contributed by atoms with Crippen LogP contribution in [0.3, 0.4) is 0 Å². The molecule has 71 heavy (non-hydrogen) atoms. The van der Waals surface area contributed by atoms with Crippen molar-refractivity contribution in [1.82, 2.24) is 5.32 Å². The lowest BCUT2D eigenvalue weighted by Gasteiger charge is -2.30. The second-order valence-electron chi connectivity index (χ2n) is 21.7. The van der Waals surface area contributed by atoms with Crippen molar-refractivity contribution in [2.45, 2.75) is 289 Å². The minimum atomic E-state index is -4.58. The van der Waals surface area contributed by atoms with Gasteiger partial charge in [-0.2, -0.15) is 0 Å². The van der Waals surface area contributed by atoms with Gasteiger partial charge in [0.05, 0.1) is 39.9 Å². The topological polar surface area (TPSA) is 108 Å². The van der Waals surface area contributed by atoms with Crippen LogP contribution < -0.4 is 10.2 Å². The van der Waals surface area contributed by atoms with E-state index in [0.717, 1.165) is 70.6 Å². The molecule has 0 aliphatic rings. The molecule has 0 radical (unpaired) electrons. The van der Waals surface area contributed by atoms with Crippen molar-refractivity contribution >= 4 is 13.7 Å². The van der Waals surface area contributed by atoms with Crippen LogP contribution in [0.15, 0.2) is 60.8 Å². The molecule has 3 unspecified atom stereocenters. The third-order valence-corrected chi connectivity index (χ3v) is 14.5. The summed E-state index contributed by atoms with van der Waals surface area (Å²) in [6.07, 6.45) is 71.1. The summed E-state index contributed by atoms with van der Waals surface area (Å²) in [7, 11) is 1.30. The maximum atomic E-state index is 13.0. The Labute approximate surface area is 441 Å². The highest BCUT2D eigenvalue weighted by atomic mass is 31.2. The molecule has 0 saturated heterocycles. The number of unbranched alkanes of at least 4 members (excludes halogenated alkanes) is 32. The standard InChI is InChI=1S/C62H117N2O6P/c1-6-8-10-12-14-16-18-20-22-24-26-28-30-31-32-33-34-36-38-40-42-44-46-48-50-52-54-56-62(66)63-60(59-70-71(67,68)69-58-57-64(3,4)5)61(65)55-53-51-49-47-45-43-41-39-37-35-29-27-25-23-21-19-17-15-13-11-9-7-2/h8,10,14,16,20,22,26,28,31-32,60-61,65H,6-7,9,11-13,15,17-19,21,23-25,27,29-30,33-59H2,1-5H3,(H-,63,66,67,68)/b10-8-,16-14-,22-20-,28-26-,32-31-. The molecule has 1 amide bonds. The summed E-state index contributed by atoms with van der Waals surface area (Å²) in [6.45, 7) is 4.63. The van der Waals surface area contributed by atoms with E-state index in [9.17, 15) is 19.4 Å². The third-order valence-electron chi connectivity index (χ3n) is 13.5. The van der Waals surface area contributed by atoms with Gasteiger partial charge >= 0.3 is 0 Å². The number of phosphoric acid groups is 1. The molecule has 0 spiro atoms. The van der Waals surface area contributed by atoms with E-state index < -0.39 is 20.0 Å². The van der Waals surface area contributed by atoms with Crippen molar-refractivity contribution in [2.24, 2.45) is 0 Å². The second-order valence-corrected chi connectivity index (χ2v) is 23.1. The molecular weight excluding hydrogens is 900 g/mol. The van der Waals surface area contributed by atoms with Gasteiger partial charge in [-0.25, -0.2) is 0 Å². The first-order chi connectivity index (χ1) is 34.5. The van der Waals surface area contributed by atoms with Crippen LogP contribution in [0.1, 0.15) is 277 Å². The van der Waals surface area contributed by atoms with E-state index in [1.807, 2.05) is 21.1 Å². The first kappa shape index (κ1) is 69.2. The van der Waals surface area contributed by atoms with Crippen LogP contribution in [0, 0.1) is 0 Å². The Morgan fingerprint density at radius 1 is 0.507 bits per heavy atom. The van der Waals surface area contributed by atoms with Crippen molar-refractivity contribution in [3.8, 4) is 0 Å². The highest BCUT2D eigenvalue weighted by molar-refractivity contribution is 7.45. The molecule has 0 rings (SSSR count). The average molecular weight is 1020 g/mol. The lowest BCUT2D eigenvalue weighted by molar-refractivity contribution is -0.870. The third kappa shape index (κ3) is 55.8. The number of amides is 1. The average Bonchev–Trinajstić information content (AvgIpc) is 3.33. The molecule has 9 heteroatoms. The monoisotopic (exact) mass is 1020 g/mol. The van der Waals surface area contributed by atoms with E-state index >= 15 is 0 Å². The van der Waals surface area contributed by atoms with Crippen LogP contribution in [-0.2, 0) is 18.4 Å². The van der Waals surface area contributed by atoms with Gasteiger partial charge in [0.2, 0.25) is 5.91 Å². The fourth-order valence-corrected chi connectivity index (χ4v) is 9.56. The van der Waals surface area contributed by atoms with Crippen LogP contribution in [-0.4, -0.2) is 68.5 Å². The minimum absolute atomic E-state index is 0.0102. The van der Waals surface area contributed by atoms with Gasteiger partial charge in [-0.05, 0) is 57.8 Å². The van der Waals surface area contributed by atoms with E-state index in [4.69, 9.17) is 9.05 Å². The zero-order chi connectivity index (χ0) is 52.0. The maximum Gasteiger partial charge on any atom is 0.268 e. The predicted octanol–water partition coefficient (Wildman–Crippen LogP) is 17.9.